The molecular weight excluding hydrogens is 248 g/mol. The Labute approximate surface area is 108 Å². The molecule has 0 aromatic heterocycles. The quantitative estimate of drug-likeness (QED) is 0.790. The van der Waals surface area contributed by atoms with Gasteiger partial charge in [-0.1, -0.05) is 12.1 Å². The zero-order valence-electron chi connectivity index (χ0n) is 10.5. The van der Waals surface area contributed by atoms with Crippen molar-refractivity contribution in [3.63, 3.8) is 0 Å². The number of carbonyl (C=O) groups is 1. The molecule has 0 spiro atoms. The summed E-state index contributed by atoms with van der Waals surface area (Å²) < 4.78 is 22.7. The third kappa shape index (κ3) is 2.99. The van der Waals surface area contributed by atoms with Gasteiger partial charge in [-0.05, 0) is 49.3 Å². The highest BCUT2D eigenvalue weighted by Gasteiger charge is 2.22. The molecule has 3 nitrogen and oxygen atoms in total. The van der Waals surface area contributed by atoms with Crippen LogP contribution in [0.15, 0.2) is 29.2 Å². The molecule has 98 valence electrons. The van der Waals surface area contributed by atoms with E-state index < -0.39 is 9.84 Å². The molecule has 0 N–H and O–H groups in total. The first-order valence-corrected chi connectivity index (χ1v) is 8.15. The van der Waals surface area contributed by atoms with Crippen LogP contribution < -0.4 is 0 Å². The normalized spacial score (nSPS) is 24.7. The smallest absolute Gasteiger partial charge is 0.175 e. The van der Waals surface area contributed by atoms with E-state index in [-0.39, 0.29) is 5.92 Å². The number of carbonyl (C=O) groups excluding carboxylic acids is 1. The third-order valence-corrected chi connectivity index (χ3v) is 4.87. The average Bonchev–Trinajstić information content (AvgIpc) is 2.38. The van der Waals surface area contributed by atoms with Crippen LogP contribution in [0.4, 0.5) is 0 Å². The molecule has 0 bridgehead atoms. The predicted molar refractivity (Wildman–Crippen MR) is 70.3 cm³/mol. The number of hydrogen-bond donors (Lipinski definition) is 0. The first-order chi connectivity index (χ1) is 8.50. The lowest BCUT2D eigenvalue weighted by molar-refractivity contribution is -0.111. The second kappa shape index (κ2) is 5.22. The summed E-state index contributed by atoms with van der Waals surface area (Å²) in [6.07, 6.45) is 6.20. The third-order valence-electron chi connectivity index (χ3n) is 3.74. The highest BCUT2D eigenvalue weighted by Crippen LogP contribution is 2.35. The maximum atomic E-state index is 11.4. The maximum absolute atomic E-state index is 11.4. The summed E-state index contributed by atoms with van der Waals surface area (Å²) in [4.78, 5) is 11.1. The molecule has 0 radical (unpaired) electrons. The van der Waals surface area contributed by atoms with Gasteiger partial charge in [0.25, 0.3) is 0 Å². The van der Waals surface area contributed by atoms with Crippen molar-refractivity contribution in [2.75, 3.05) is 6.26 Å². The van der Waals surface area contributed by atoms with Crippen molar-refractivity contribution in [1.82, 2.24) is 0 Å². The second-order valence-corrected chi connectivity index (χ2v) is 7.10. The first kappa shape index (κ1) is 13.3. The van der Waals surface area contributed by atoms with Crippen LogP contribution in [-0.2, 0) is 14.6 Å². The number of rotatable bonds is 3. The number of aldehydes is 1. The fourth-order valence-corrected chi connectivity index (χ4v) is 3.21. The fraction of sp³-hybridized carbons (Fsp3) is 0.500. The second-order valence-electron chi connectivity index (χ2n) is 5.09. The molecule has 1 fully saturated rings. The monoisotopic (exact) mass is 266 g/mol. The molecule has 0 unspecified atom stereocenters. The Morgan fingerprint density at radius 1 is 1.06 bits per heavy atom. The Hall–Kier alpha value is -1.16. The van der Waals surface area contributed by atoms with Crippen molar-refractivity contribution < 1.29 is 13.2 Å². The Morgan fingerprint density at radius 2 is 1.61 bits per heavy atom. The average molecular weight is 266 g/mol. The van der Waals surface area contributed by atoms with E-state index in [0.717, 1.165) is 32.0 Å². The minimum Gasteiger partial charge on any atom is -0.303 e. The van der Waals surface area contributed by atoms with Crippen LogP contribution >= 0.6 is 0 Å². The highest BCUT2D eigenvalue weighted by molar-refractivity contribution is 7.90. The summed E-state index contributed by atoms with van der Waals surface area (Å²) in [7, 11) is -3.11. The van der Waals surface area contributed by atoms with Crippen LogP contribution in [0.3, 0.4) is 0 Å². The lowest BCUT2D eigenvalue weighted by atomic mass is 9.79. The molecule has 2 rings (SSSR count). The van der Waals surface area contributed by atoms with Gasteiger partial charge in [-0.15, -0.1) is 0 Å². The van der Waals surface area contributed by atoms with E-state index >= 15 is 0 Å². The van der Waals surface area contributed by atoms with Gasteiger partial charge in [-0.3, -0.25) is 0 Å². The van der Waals surface area contributed by atoms with Gasteiger partial charge in [0, 0.05) is 12.2 Å². The van der Waals surface area contributed by atoms with Gasteiger partial charge in [0.05, 0.1) is 4.90 Å². The van der Waals surface area contributed by atoms with Gasteiger partial charge in [0.2, 0.25) is 0 Å². The highest BCUT2D eigenvalue weighted by atomic mass is 32.2. The van der Waals surface area contributed by atoms with Gasteiger partial charge in [0.1, 0.15) is 6.29 Å². The van der Waals surface area contributed by atoms with Crippen molar-refractivity contribution in [2.24, 2.45) is 5.92 Å². The van der Waals surface area contributed by atoms with Crippen molar-refractivity contribution in [2.45, 2.75) is 36.5 Å². The summed E-state index contributed by atoms with van der Waals surface area (Å²) in [6, 6.07) is 7.16. The Balaban J connectivity index is 2.09. The molecule has 1 aromatic rings. The summed E-state index contributed by atoms with van der Waals surface area (Å²) >= 11 is 0. The molecule has 4 heteroatoms. The van der Waals surface area contributed by atoms with Gasteiger partial charge >= 0.3 is 0 Å². The minimum atomic E-state index is -3.11. The molecule has 0 amide bonds. The molecule has 1 aliphatic carbocycles. The van der Waals surface area contributed by atoms with Crippen LogP contribution in [0.25, 0.3) is 0 Å². The predicted octanol–water partition coefficient (Wildman–Crippen LogP) is 2.56. The molecule has 0 aliphatic heterocycles. The van der Waals surface area contributed by atoms with Crippen LogP contribution in [0, 0.1) is 5.92 Å². The minimum absolute atomic E-state index is 0.219. The molecule has 0 saturated heterocycles. The summed E-state index contributed by atoms with van der Waals surface area (Å²) in [6.45, 7) is 0. The molecule has 1 aliphatic rings. The topological polar surface area (TPSA) is 51.2 Å². The molecule has 1 saturated carbocycles. The van der Waals surface area contributed by atoms with E-state index in [4.69, 9.17) is 0 Å². The van der Waals surface area contributed by atoms with E-state index in [1.54, 1.807) is 12.1 Å². The lowest BCUT2D eigenvalue weighted by Crippen LogP contribution is -2.14. The van der Waals surface area contributed by atoms with Crippen LogP contribution in [0.5, 0.6) is 0 Å². The SMILES string of the molecule is CS(=O)(=O)c1ccc([C@H]2CC[C@H](C=O)CC2)cc1. The Morgan fingerprint density at radius 3 is 2.06 bits per heavy atom. The van der Waals surface area contributed by atoms with Crippen LogP contribution in [-0.4, -0.2) is 21.0 Å². The van der Waals surface area contributed by atoms with E-state index in [1.807, 2.05) is 12.1 Å². The van der Waals surface area contributed by atoms with E-state index in [9.17, 15) is 13.2 Å². The van der Waals surface area contributed by atoms with E-state index in [2.05, 4.69) is 0 Å². The largest absolute Gasteiger partial charge is 0.303 e. The van der Waals surface area contributed by atoms with Crippen molar-refractivity contribution in [1.29, 1.82) is 0 Å². The van der Waals surface area contributed by atoms with Gasteiger partial charge in [-0.25, -0.2) is 8.42 Å². The molecule has 0 atom stereocenters. The van der Waals surface area contributed by atoms with Crippen molar-refractivity contribution >= 4 is 16.1 Å². The number of hydrogen-bond acceptors (Lipinski definition) is 3. The molecule has 1 aromatic carbocycles. The first-order valence-electron chi connectivity index (χ1n) is 6.26. The number of sulfone groups is 1. The molecule has 18 heavy (non-hydrogen) atoms. The van der Waals surface area contributed by atoms with Crippen molar-refractivity contribution in [3.8, 4) is 0 Å². The van der Waals surface area contributed by atoms with Gasteiger partial charge in [0.15, 0.2) is 9.84 Å². The van der Waals surface area contributed by atoms with Crippen molar-refractivity contribution in [3.05, 3.63) is 29.8 Å². The summed E-state index contributed by atoms with van der Waals surface area (Å²) in [5.41, 5.74) is 1.19. The van der Waals surface area contributed by atoms with E-state index in [1.165, 1.54) is 11.8 Å². The lowest BCUT2D eigenvalue weighted by Gasteiger charge is -2.25. The standard InChI is InChI=1S/C14H18O3S/c1-18(16,17)14-8-6-13(7-9-14)12-4-2-11(10-15)3-5-12/h6-12H,2-5H2,1H3/t11-,12-. The van der Waals surface area contributed by atoms with Gasteiger partial charge in [-0.2, -0.15) is 0 Å². The summed E-state index contributed by atoms with van der Waals surface area (Å²) in [5, 5.41) is 0. The zero-order chi connectivity index (χ0) is 13.2. The maximum Gasteiger partial charge on any atom is 0.175 e. The summed E-state index contributed by atoms with van der Waals surface area (Å²) in [5.74, 6) is 0.686. The molecule has 0 heterocycles. The zero-order valence-corrected chi connectivity index (χ0v) is 11.3. The van der Waals surface area contributed by atoms with E-state index in [0.29, 0.717) is 10.8 Å². The van der Waals surface area contributed by atoms with Crippen LogP contribution in [0.1, 0.15) is 37.2 Å². The Kier molecular flexibility index (Phi) is 3.85. The Bertz CT molecular complexity index is 508. The van der Waals surface area contributed by atoms with Crippen LogP contribution in [0.2, 0.25) is 0 Å². The fourth-order valence-electron chi connectivity index (χ4n) is 2.58. The molecular formula is C14H18O3S. The number of benzene rings is 1. The van der Waals surface area contributed by atoms with Gasteiger partial charge < -0.3 is 4.79 Å².